The number of pyridine rings is 1. The highest BCUT2D eigenvalue weighted by molar-refractivity contribution is 5.28. The van der Waals surface area contributed by atoms with Crippen LogP contribution in [0.1, 0.15) is 16.7 Å². The highest BCUT2D eigenvalue weighted by Gasteiger charge is 1.98. The van der Waals surface area contributed by atoms with Gasteiger partial charge in [0, 0.05) is 12.4 Å². The first-order valence-corrected chi connectivity index (χ1v) is 7.55. The Kier molecular flexibility index (Phi) is 4.83. The van der Waals surface area contributed by atoms with Crippen LogP contribution in [0.4, 0.5) is 0 Å². The van der Waals surface area contributed by atoms with Crippen molar-refractivity contribution in [3.05, 3.63) is 95.8 Å². The third kappa shape index (κ3) is 4.19. The van der Waals surface area contributed by atoms with Gasteiger partial charge in [0.2, 0.25) is 0 Å². The highest BCUT2D eigenvalue weighted by Crippen LogP contribution is 2.15. The SMILES string of the molecule is c1ccc(COc2ccc(CCc3ccncc3)cc2)cc1. The zero-order valence-electron chi connectivity index (χ0n) is 12.5. The van der Waals surface area contributed by atoms with Gasteiger partial charge in [-0.1, -0.05) is 42.5 Å². The fourth-order valence-electron chi connectivity index (χ4n) is 2.33. The maximum Gasteiger partial charge on any atom is 0.119 e. The van der Waals surface area contributed by atoms with Crippen LogP contribution in [0.2, 0.25) is 0 Å². The minimum atomic E-state index is 0.608. The van der Waals surface area contributed by atoms with Gasteiger partial charge in [0.15, 0.2) is 0 Å². The molecule has 0 saturated heterocycles. The lowest BCUT2D eigenvalue weighted by molar-refractivity contribution is 0.306. The van der Waals surface area contributed by atoms with Crippen molar-refractivity contribution in [3.63, 3.8) is 0 Å². The lowest BCUT2D eigenvalue weighted by Crippen LogP contribution is -1.96. The summed E-state index contributed by atoms with van der Waals surface area (Å²) in [5, 5.41) is 0. The molecule has 0 atom stereocenters. The fraction of sp³-hybridized carbons (Fsp3) is 0.150. The van der Waals surface area contributed by atoms with Crippen molar-refractivity contribution in [2.24, 2.45) is 0 Å². The average molecular weight is 289 g/mol. The van der Waals surface area contributed by atoms with Crippen molar-refractivity contribution >= 4 is 0 Å². The Bertz CT molecular complexity index is 615. The Morgan fingerprint density at radius 1 is 0.636 bits per heavy atom. The smallest absolute Gasteiger partial charge is 0.119 e. The number of ether oxygens (including phenoxy) is 1. The summed E-state index contributed by atoms with van der Waals surface area (Å²) in [5.74, 6) is 0.913. The molecule has 1 heterocycles. The first-order chi connectivity index (χ1) is 10.9. The van der Waals surface area contributed by atoms with E-state index in [1.165, 1.54) is 16.7 Å². The van der Waals surface area contributed by atoms with Crippen molar-refractivity contribution in [1.29, 1.82) is 0 Å². The summed E-state index contributed by atoms with van der Waals surface area (Å²) in [6.07, 6.45) is 5.75. The lowest BCUT2D eigenvalue weighted by Gasteiger charge is -2.07. The van der Waals surface area contributed by atoms with Crippen LogP contribution >= 0.6 is 0 Å². The van der Waals surface area contributed by atoms with E-state index in [0.717, 1.165) is 18.6 Å². The van der Waals surface area contributed by atoms with E-state index < -0.39 is 0 Å². The predicted molar refractivity (Wildman–Crippen MR) is 88.9 cm³/mol. The molecule has 0 fully saturated rings. The van der Waals surface area contributed by atoms with Gasteiger partial charge < -0.3 is 4.74 Å². The maximum absolute atomic E-state index is 5.80. The van der Waals surface area contributed by atoms with Gasteiger partial charge in [-0.3, -0.25) is 4.98 Å². The second-order valence-electron chi connectivity index (χ2n) is 5.27. The molecular formula is C20H19NO. The molecule has 2 heteroatoms. The third-order valence-electron chi connectivity index (χ3n) is 3.62. The summed E-state index contributed by atoms with van der Waals surface area (Å²) in [6.45, 7) is 0.608. The number of hydrogen-bond acceptors (Lipinski definition) is 2. The normalized spacial score (nSPS) is 10.4. The molecule has 2 aromatic carbocycles. The first kappa shape index (κ1) is 14.3. The topological polar surface area (TPSA) is 22.1 Å². The van der Waals surface area contributed by atoms with Gasteiger partial charge in [0.05, 0.1) is 0 Å². The molecule has 3 aromatic rings. The minimum absolute atomic E-state index is 0.608. The van der Waals surface area contributed by atoms with E-state index in [1.54, 1.807) is 0 Å². The van der Waals surface area contributed by atoms with Gasteiger partial charge in [0.25, 0.3) is 0 Å². The van der Waals surface area contributed by atoms with Crippen LogP contribution < -0.4 is 4.74 Å². The van der Waals surface area contributed by atoms with Crippen molar-refractivity contribution in [3.8, 4) is 5.75 Å². The summed E-state index contributed by atoms with van der Waals surface area (Å²) in [7, 11) is 0. The van der Waals surface area contributed by atoms with E-state index in [1.807, 2.05) is 42.7 Å². The molecule has 0 radical (unpaired) electrons. The summed E-state index contributed by atoms with van der Waals surface area (Å²) < 4.78 is 5.80. The number of rotatable bonds is 6. The van der Waals surface area contributed by atoms with Gasteiger partial charge in [-0.25, -0.2) is 0 Å². The van der Waals surface area contributed by atoms with E-state index in [9.17, 15) is 0 Å². The van der Waals surface area contributed by atoms with Crippen molar-refractivity contribution < 1.29 is 4.74 Å². The number of aryl methyl sites for hydroxylation is 2. The number of benzene rings is 2. The van der Waals surface area contributed by atoms with E-state index in [-0.39, 0.29) is 0 Å². The summed E-state index contributed by atoms with van der Waals surface area (Å²) in [6, 6.07) is 22.7. The molecule has 22 heavy (non-hydrogen) atoms. The quantitative estimate of drug-likeness (QED) is 0.669. The molecule has 0 bridgehead atoms. The van der Waals surface area contributed by atoms with Crippen LogP contribution in [-0.2, 0) is 19.4 Å². The number of aromatic nitrogens is 1. The first-order valence-electron chi connectivity index (χ1n) is 7.55. The number of nitrogens with zero attached hydrogens (tertiary/aromatic N) is 1. The average Bonchev–Trinajstić information content (AvgIpc) is 2.61. The Morgan fingerprint density at radius 3 is 1.95 bits per heavy atom. The fourth-order valence-corrected chi connectivity index (χ4v) is 2.33. The molecule has 0 aliphatic heterocycles. The molecule has 0 amide bonds. The molecule has 0 N–H and O–H groups in total. The standard InChI is InChI=1S/C20H19NO/c1-2-4-19(5-3-1)16-22-20-10-8-17(9-11-20)6-7-18-12-14-21-15-13-18/h1-5,8-15H,6-7,16H2. The molecule has 0 saturated carbocycles. The third-order valence-corrected chi connectivity index (χ3v) is 3.62. The molecular weight excluding hydrogens is 270 g/mol. The van der Waals surface area contributed by atoms with Gasteiger partial charge in [-0.2, -0.15) is 0 Å². The molecule has 0 unspecified atom stereocenters. The largest absolute Gasteiger partial charge is 0.489 e. The Morgan fingerprint density at radius 2 is 1.27 bits per heavy atom. The van der Waals surface area contributed by atoms with E-state index in [4.69, 9.17) is 4.74 Å². The lowest BCUT2D eigenvalue weighted by atomic mass is 10.1. The highest BCUT2D eigenvalue weighted by atomic mass is 16.5. The van der Waals surface area contributed by atoms with Gasteiger partial charge >= 0.3 is 0 Å². The van der Waals surface area contributed by atoms with Crippen LogP contribution in [0, 0.1) is 0 Å². The van der Waals surface area contributed by atoms with E-state index in [0.29, 0.717) is 6.61 Å². The Labute approximate surface area is 131 Å². The van der Waals surface area contributed by atoms with Crippen molar-refractivity contribution in [2.75, 3.05) is 0 Å². The molecule has 0 aliphatic carbocycles. The van der Waals surface area contributed by atoms with Crippen LogP contribution in [0.5, 0.6) is 5.75 Å². The zero-order valence-corrected chi connectivity index (χ0v) is 12.5. The predicted octanol–water partition coefficient (Wildman–Crippen LogP) is 4.45. The van der Waals surface area contributed by atoms with Crippen LogP contribution in [-0.4, -0.2) is 4.98 Å². The van der Waals surface area contributed by atoms with Crippen LogP contribution in [0.15, 0.2) is 79.1 Å². The Balaban J connectivity index is 1.52. The summed E-state index contributed by atoms with van der Waals surface area (Å²) in [4.78, 5) is 4.04. The molecule has 1 aromatic heterocycles. The molecule has 2 nitrogen and oxygen atoms in total. The van der Waals surface area contributed by atoms with E-state index in [2.05, 4.69) is 41.4 Å². The van der Waals surface area contributed by atoms with Crippen LogP contribution in [0.25, 0.3) is 0 Å². The monoisotopic (exact) mass is 289 g/mol. The van der Waals surface area contributed by atoms with Gasteiger partial charge in [-0.15, -0.1) is 0 Å². The second-order valence-corrected chi connectivity index (χ2v) is 5.27. The van der Waals surface area contributed by atoms with Crippen molar-refractivity contribution in [2.45, 2.75) is 19.4 Å². The molecule has 3 rings (SSSR count). The molecule has 110 valence electrons. The minimum Gasteiger partial charge on any atom is -0.489 e. The second kappa shape index (κ2) is 7.41. The van der Waals surface area contributed by atoms with E-state index >= 15 is 0 Å². The molecule has 0 aliphatic rings. The van der Waals surface area contributed by atoms with Gasteiger partial charge in [-0.05, 0) is 53.8 Å². The van der Waals surface area contributed by atoms with Crippen molar-refractivity contribution in [1.82, 2.24) is 4.98 Å². The molecule has 0 spiro atoms. The summed E-state index contributed by atoms with van der Waals surface area (Å²) in [5.41, 5.74) is 3.83. The van der Waals surface area contributed by atoms with Gasteiger partial charge in [0.1, 0.15) is 12.4 Å². The number of hydrogen-bond donors (Lipinski definition) is 0. The Hall–Kier alpha value is -2.61. The van der Waals surface area contributed by atoms with Crippen LogP contribution in [0.3, 0.4) is 0 Å². The maximum atomic E-state index is 5.80. The summed E-state index contributed by atoms with van der Waals surface area (Å²) >= 11 is 0. The zero-order chi connectivity index (χ0) is 15.0.